The van der Waals surface area contributed by atoms with E-state index in [-0.39, 0.29) is 35.1 Å². The fourth-order valence-electron chi connectivity index (χ4n) is 5.67. The normalized spacial score (nSPS) is 24.2. The van der Waals surface area contributed by atoms with Gasteiger partial charge in [-0.2, -0.15) is 4.98 Å². The minimum atomic E-state index is -0.351. The van der Waals surface area contributed by atoms with Gasteiger partial charge in [0.2, 0.25) is 5.91 Å². The van der Waals surface area contributed by atoms with E-state index < -0.39 is 0 Å². The Labute approximate surface area is 221 Å². The minimum Gasteiger partial charge on any atom is -0.381 e. The first kappa shape index (κ1) is 24.7. The van der Waals surface area contributed by atoms with Gasteiger partial charge in [-0.25, -0.2) is 4.98 Å². The van der Waals surface area contributed by atoms with E-state index in [0.29, 0.717) is 36.7 Å². The number of pyridine rings is 1. The maximum absolute atomic E-state index is 12.9. The fourth-order valence-corrected chi connectivity index (χ4v) is 5.67. The Kier molecular flexibility index (Phi) is 6.26. The molecule has 9 nitrogen and oxygen atoms in total. The molecule has 3 heterocycles. The molecule has 2 N–H and O–H groups in total. The van der Waals surface area contributed by atoms with Crippen LogP contribution in [0.25, 0.3) is 11.1 Å². The number of anilines is 1. The quantitative estimate of drug-likeness (QED) is 0.482. The molecule has 9 heteroatoms. The van der Waals surface area contributed by atoms with E-state index >= 15 is 0 Å². The maximum Gasteiger partial charge on any atom is 0.315 e. The molecule has 3 aromatic rings. The molecule has 1 aromatic carbocycles. The van der Waals surface area contributed by atoms with Crippen molar-refractivity contribution in [2.45, 2.75) is 57.9 Å². The van der Waals surface area contributed by atoms with Crippen molar-refractivity contribution in [3.63, 3.8) is 0 Å². The number of aryl methyl sites for hydroxylation is 1. The molecule has 1 unspecified atom stereocenters. The van der Waals surface area contributed by atoms with Gasteiger partial charge in [-0.15, -0.1) is 0 Å². The van der Waals surface area contributed by atoms with Crippen LogP contribution in [0.5, 0.6) is 0 Å². The summed E-state index contributed by atoms with van der Waals surface area (Å²) < 4.78 is 10.7. The van der Waals surface area contributed by atoms with E-state index in [1.165, 1.54) is 5.56 Å². The average Bonchev–Trinajstić information content (AvgIpc) is 3.19. The van der Waals surface area contributed by atoms with Crippen LogP contribution in [0.3, 0.4) is 0 Å². The molecule has 3 aliphatic rings. The van der Waals surface area contributed by atoms with Crippen LogP contribution in [-0.2, 0) is 21.4 Å². The van der Waals surface area contributed by atoms with Crippen LogP contribution in [0.15, 0.2) is 41.1 Å². The van der Waals surface area contributed by atoms with E-state index in [4.69, 9.17) is 9.26 Å². The summed E-state index contributed by atoms with van der Waals surface area (Å²) in [7, 11) is 0. The first-order valence-electron chi connectivity index (χ1n) is 13.4. The fraction of sp³-hybridized carbons (Fsp3) is 0.483. The van der Waals surface area contributed by atoms with Crippen molar-refractivity contribution in [2.24, 2.45) is 17.8 Å². The van der Waals surface area contributed by atoms with Crippen molar-refractivity contribution in [3.05, 3.63) is 59.4 Å². The highest BCUT2D eigenvalue weighted by molar-refractivity contribution is 5.94. The highest BCUT2D eigenvalue weighted by Crippen LogP contribution is 2.51. The van der Waals surface area contributed by atoms with Crippen LogP contribution in [-0.4, -0.2) is 40.2 Å². The number of carbonyl (C=O) groups is 2. The van der Waals surface area contributed by atoms with Crippen LogP contribution in [0.2, 0.25) is 0 Å². The summed E-state index contributed by atoms with van der Waals surface area (Å²) in [5.41, 5.74) is 4.06. The smallest absolute Gasteiger partial charge is 0.315 e. The van der Waals surface area contributed by atoms with E-state index in [2.05, 4.69) is 44.0 Å². The predicted octanol–water partition coefficient (Wildman–Crippen LogP) is 4.46. The number of fused-ring (bicyclic) bond motifs is 2. The van der Waals surface area contributed by atoms with Crippen molar-refractivity contribution in [1.29, 1.82) is 0 Å². The van der Waals surface area contributed by atoms with E-state index in [1.54, 1.807) is 6.20 Å². The van der Waals surface area contributed by atoms with Gasteiger partial charge >= 0.3 is 11.8 Å². The van der Waals surface area contributed by atoms with Gasteiger partial charge in [-0.3, -0.25) is 9.59 Å². The number of aromatic nitrogens is 3. The lowest BCUT2D eigenvalue weighted by Crippen LogP contribution is -2.29. The van der Waals surface area contributed by atoms with Crippen molar-refractivity contribution in [1.82, 2.24) is 20.4 Å². The molecule has 38 heavy (non-hydrogen) atoms. The molecule has 2 amide bonds. The van der Waals surface area contributed by atoms with E-state index in [1.807, 2.05) is 32.9 Å². The second-order valence-corrected chi connectivity index (χ2v) is 11.7. The van der Waals surface area contributed by atoms with Crippen LogP contribution < -0.4 is 10.6 Å². The number of rotatable bonds is 5. The molecular weight excluding hydrogens is 482 g/mol. The zero-order valence-electron chi connectivity index (χ0n) is 22.0. The third-order valence-electron chi connectivity index (χ3n) is 7.90. The van der Waals surface area contributed by atoms with Gasteiger partial charge in [0.05, 0.1) is 19.3 Å². The zero-order chi connectivity index (χ0) is 26.4. The highest BCUT2D eigenvalue weighted by atomic mass is 16.5. The Hall–Kier alpha value is -3.59. The van der Waals surface area contributed by atoms with Crippen molar-refractivity contribution >= 4 is 17.6 Å². The van der Waals surface area contributed by atoms with Gasteiger partial charge in [0, 0.05) is 17.5 Å². The van der Waals surface area contributed by atoms with Gasteiger partial charge < -0.3 is 19.9 Å². The number of amides is 2. The lowest BCUT2D eigenvalue weighted by Gasteiger charge is -2.19. The summed E-state index contributed by atoms with van der Waals surface area (Å²) in [6.07, 6.45) is 5.56. The molecule has 0 spiro atoms. The number of nitrogens with zero attached hydrogens (tertiary/aromatic N) is 3. The molecule has 2 fully saturated rings. The van der Waals surface area contributed by atoms with E-state index in [0.717, 1.165) is 42.4 Å². The molecule has 4 atom stereocenters. The molecule has 2 aliphatic carbocycles. The maximum atomic E-state index is 12.9. The lowest BCUT2D eigenvalue weighted by molar-refractivity contribution is -0.118. The molecule has 1 saturated heterocycles. The number of benzene rings is 1. The summed E-state index contributed by atoms with van der Waals surface area (Å²) in [4.78, 5) is 34.3. The Morgan fingerprint density at radius 1 is 1.03 bits per heavy atom. The number of hydrogen-bond donors (Lipinski definition) is 2. The molecule has 0 bridgehead atoms. The van der Waals surface area contributed by atoms with Crippen molar-refractivity contribution in [2.75, 3.05) is 18.5 Å². The highest BCUT2D eigenvalue weighted by Gasteiger charge is 2.58. The van der Waals surface area contributed by atoms with Crippen LogP contribution >= 0.6 is 0 Å². The first-order valence-corrected chi connectivity index (χ1v) is 13.4. The summed E-state index contributed by atoms with van der Waals surface area (Å²) >= 11 is 0. The van der Waals surface area contributed by atoms with Gasteiger partial charge in [-0.1, -0.05) is 50.5 Å². The molecule has 2 aromatic heterocycles. The van der Waals surface area contributed by atoms with Crippen LogP contribution in [0.1, 0.15) is 73.7 Å². The topological polar surface area (TPSA) is 119 Å². The molecular formula is C29H33N5O4. The molecule has 0 radical (unpaired) electrons. The van der Waals surface area contributed by atoms with Gasteiger partial charge in [0.1, 0.15) is 5.82 Å². The average molecular weight is 516 g/mol. The second kappa shape index (κ2) is 9.62. The summed E-state index contributed by atoms with van der Waals surface area (Å²) in [6.45, 7) is 7.29. The third-order valence-corrected chi connectivity index (χ3v) is 7.90. The van der Waals surface area contributed by atoms with Crippen LogP contribution in [0.4, 0.5) is 5.82 Å². The summed E-state index contributed by atoms with van der Waals surface area (Å²) in [5.74, 6) is 1.50. The minimum absolute atomic E-state index is 0.00828. The Bertz CT molecular complexity index is 1370. The first-order chi connectivity index (χ1) is 18.3. The standard InChI is InChI=1S/C29H33N5O4/c1-29(2,3)28-33-27(38-34-28)26(36)31-22-7-5-4-6-18-12-16(8-9-19(18)22)17-10-11-30-23(13-17)32-25(35)24-20-14-37-15-21(20)24/h8-13,20-22,24H,4-7,14-15H2,1-3H3,(H,31,36)(H,30,32,35)/t20-,21+,22-,24?/m1/s1. The summed E-state index contributed by atoms with van der Waals surface area (Å²) in [6, 6.07) is 10.1. The Balaban J connectivity index is 1.18. The van der Waals surface area contributed by atoms with Gasteiger partial charge in [0.25, 0.3) is 0 Å². The predicted molar refractivity (Wildman–Crippen MR) is 140 cm³/mol. The Morgan fingerprint density at radius 2 is 1.82 bits per heavy atom. The number of hydrogen-bond acceptors (Lipinski definition) is 7. The molecule has 198 valence electrons. The SMILES string of the molecule is CC(C)(C)c1noc(C(=O)N[C@@H]2CCCCc3cc(-c4ccnc(NC(=O)C5[C@H]6COC[C@@H]56)c4)ccc32)n1. The number of carbonyl (C=O) groups excluding carboxylic acids is 2. The molecule has 1 saturated carbocycles. The monoisotopic (exact) mass is 515 g/mol. The largest absolute Gasteiger partial charge is 0.381 e. The molecule has 6 rings (SSSR count). The van der Waals surface area contributed by atoms with Gasteiger partial charge in [-0.05, 0) is 65.5 Å². The van der Waals surface area contributed by atoms with E-state index in [9.17, 15) is 9.59 Å². The summed E-state index contributed by atoms with van der Waals surface area (Å²) in [5, 5.41) is 10.1. The zero-order valence-corrected chi connectivity index (χ0v) is 22.0. The second-order valence-electron chi connectivity index (χ2n) is 11.7. The number of ether oxygens (including phenoxy) is 1. The van der Waals surface area contributed by atoms with Gasteiger partial charge in [0.15, 0.2) is 5.82 Å². The van der Waals surface area contributed by atoms with Crippen LogP contribution in [0, 0.1) is 17.8 Å². The molecule has 1 aliphatic heterocycles. The van der Waals surface area contributed by atoms with Crippen molar-refractivity contribution < 1.29 is 18.8 Å². The lowest BCUT2D eigenvalue weighted by atomic mass is 9.94. The number of nitrogens with one attached hydrogen (secondary N) is 2. The Morgan fingerprint density at radius 3 is 2.58 bits per heavy atom. The van der Waals surface area contributed by atoms with Crippen molar-refractivity contribution in [3.8, 4) is 11.1 Å². The third kappa shape index (κ3) is 4.82.